The Bertz CT molecular complexity index is 721. The van der Waals surface area contributed by atoms with Gasteiger partial charge in [0.15, 0.2) is 0 Å². The summed E-state index contributed by atoms with van der Waals surface area (Å²) in [6, 6.07) is 4.49. The van der Waals surface area contributed by atoms with Crippen LogP contribution < -0.4 is 16.2 Å². The van der Waals surface area contributed by atoms with Crippen LogP contribution in [0.2, 0.25) is 5.02 Å². The number of hydrogen-bond donors (Lipinski definition) is 2. The second-order valence-corrected chi connectivity index (χ2v) is 5.44. The van der Waals surface area contributed by atoms with Gasteiger partial charge < -0.3 is 5.43 Å². The average Bonchev–Trinajstić information content (AvgIpc) is 2.76. The number of alkyl halides is 3. The fourth-order valence-electron chi connectivity index (χ4n) is 1.83. The molecular weight excluding hydrogens is 339 g/mol. The summed E-state index contributed by atoms with van der Waals surface area (Å²) in [5.74, 6) is 0. The zero-order chi connectivity index (χ0) is 16.5. The van der Waals surface area contributed by atoms with Gasteiger partial charge in [0.25, 0.3) is 0 Å². The van der Waals surface area contributed by atoms with Crippen molar-refractivity contribution in [3.63, 3.8) is 0 Å². The predicted octanol–water partition coefficient (Wildman–Crippen LogP) is 2.92. The molecular formula is C12H7ClF3N5S. The van der Waals surface area contributed by atoms with Gasteiger partial charge in [-0.25, -0.2) is 5.01 Å². The number of thiocyanates is 1. The molecule has 0 saturated heterocycles. The molecule has 0 saturated carbocycles. The maximum Gasteiger partial charge on any atom is 0.416 e. The monoisotopic (exact) mass is 345 g/mol. The summed E-state index contributed by atoms with van der Waals surface area (Å²) in [6.07, 6.45) is -3.21. The number of benzene rings is 1. The number of hydrazine groups is 1. The van der Waals surface area contributed by atoms with E-state index in [-0.39, 0.29) is 15.6 Å². The molecule has 0 spiro atoms. The molecule has 114 valence electrons. The van der Waals surface area contributed by atoms with Crippen molar-refractivity contribution in [1.82, 2.24) is 5.43 Å². The van der Waals surface area contributed by atoms with Gasteiger partial charge in [-0.1, -0.05) is 11.6 Å². The van der Waals surface area contributed by atoms with E-state index in [1.807, 2.05) is 6.07 Å². The second kappa shape index (κ2) is 5.61. The number of nitrogens with zero attached hydrogens (tertiary/aromatic N) is 3. The Morgan fingerprint density at radius 3 is 2.55 bits per heavy atom. The van der Waals surface area contributed by atoms with Gasteiger partial charge in [-0.05, 0) is 30.0 Å². The van der Waals surface area contributed by atoms with Crippen LogP contribution in [0.4, 0.5) is 18.9 Å². The van der Waals surface area contributed by atoms with Gasteiger partial charge in [-0.15, -0.1) is 0 Å². The molecule has 1 unspecified atom stereocenters. The van der Waals surface area contributed by atoms with Crippen molar-refractivity contribution >= 4 is 29.1 Å². The van der Waals surface area contributed by atoms with Crippen molar-refractivity contribution in [2.75, 3.05) is 5.01 Å². The van der Waals surface area contributed by atoms with Crippen LogP contribution in [-0.4, -0.2) is 5.66 Å². The highest BCUT2D eigenvalue weighted by molar-refractivity contribution is 8.07. The lowest BCUT2D eigenvalue weighted by Gasteiger charge is -2.32. The van der Waals surface area contributed by atoms with E-state index in [1.54, 1.807) is 5.40 Å². The standard InChI is InChI=1S/C12H7ClF3N5S/c13-8-3-7(12(14,15)16)1-2-9(8)21-11(19,5-17)10(4-20-21)22-6-18/h1-4,20H,19H2. The van der Waals surface area contributed by atoms with Crippen LogP contribution in [0.25, 0.3) is 0 Å². The Labute approximate surface area is 132 Å². The first-order valence-electron chi connectivity index (χ1n) is 5.64. The highest BCUT2D eigenvalue weighted by atomic mass is 35.5. The smallest absolute Gasteiger partial charge is 0.302 e. The zero-order valence-corrected chi connectivity index (χ0v) is 12.2. The third-order valence-electron chi connectivity index (χ3n) is 2.90. The number of thioether (sulfide) groups is 1. The van der Waals surface area contributed by atoms with E-state index in [0.717, 1.165) is 23.2 Å². The van der Waals surface area contributed by atoms with Gasteiger partial charge >= 0.3 is 6.18 Å². The highest BCUT2D eigenvalue weighted by Gasteiger charge is 2.43. The van der Waals surface area contributed by atoms with Crippen LogP contribution in [0.15, 0.2) is 29.3 Å². The number of anilines is 1. The topological polar surface area (TPSA) is 88.9 Å². The molecule has 0 aliphatic carbocycles. The Kier molecular flexibility index (Phi) is 4.16. The third-order valence-corrected chi connectivity index (χ3v) is 3.94. The van der Waals surface area contributed by atoms with E-state index in [1.165, 1.54) is 6.20 Å². The van der Waals surface area contributed by atoms with Crippen molar-refractivity contribution < 1.29 is 13.2 Å². The molecule has 0 aromatic heterocycles. The van der Waals surface area contributed by atoms with E-state index >= 15 is 0 Å². The summed E-state index contributed by atoms with van der Waals surface area (Å²) in [4.78, 5) is 0.202. The molecule has 5 nitrogen and oxygen atoms in total. The summed E-state index contributed by atoms with van der Waals surface area (Å²) in [6.45, 7) is 0. The Morgan fingerprint density at radius 1 is 1.36 bits per heavy atom. The summed E-state index contributed by atoms with van der Waals surface area (Å²) < 4.78 is 37.9. The third kappa shape index (κ3) is 2.66. The first kappa shape index (κ1) is 16.3. The van der Waals surface area contributed by atoms with Gasteiger partial charge in [-0.3, -0.25) is 5.73 Å². The van der Waals surface area contributed by atoms with Crippen molar-refractivity contribution in [2.24, 2.45) is 5.73 Å². The van der Waals surface area contributed by atoms with Gasteiger partial charge in [0.1, 0.15) is 11.5 Å². The predicted molar refractivity (Wildman–Crippen MR) is 75.9 cm³/mol. The molecule has 10 heteroatoms. The quantitative estimate of drug-likeness (QED) is 0.801. The minimum absolute atomic E-state index is 0.0866. The first-order valence-corrected chi connectivity index (χ1v) is 6.83. The number of halogens is 4. The van der Waals surface area contributed by atoms with Crippen LogP contribution in [-0.2, 0) is 6.18 Å². The summed E-state index contributed by atoms with van der Waals surface area (Å²) >= 11 is 6.56. The first-order chi connectivity index (χ1) is 10.2. The summed E-state index contributed by atoms with van der Waals surface area (Å²) in [5.41, 5.74) is 6.00. The summed E-state index contributed by atoms with van der Waals surface area (Å²) in [5, 5.41) is 20.6. The lowest BCUT2D eigenvalue weighted by Crippen LogP contribution is -2.56. The minimum Gasteiger partial charge on any atom is -0.302 e. The number of rotatable bonds is 2. The number of hydrogen-bond acceptors (Lipinski definition) is 6. The fourth-order valence-corrected chi connectivity index (χ4v) is 2.60. The van der Waals surface area contributed by atoms with Crippen molar-refractivity contribution in [1.29, 1.82) is 10.5 Å². The molecule has 1 aromatic carbocycles. The van der Waals surface area contributed by atoms with E-state index < -0.39 is 17.4 Å². The van der Waals surface area contributed by atoms with Gasteiger partial charge in [-0.2, -0.15) is 23.7 Å². The molecule has 0 amide bonds. The molecule has 1 heterocycles. The average molecular weight is 346 g/mol. The maximum atomic E-state index is 12.6. The lowest BCUT2D eigenvalue weighted by molar-refractivity contribution is -0.137. The van der Waals surface area contributed by atoms with Crippen LogP contribution in [0, 0.1) is 22.0 Å². The number of nitriles is 2. The van der Waals surface area contributed by atoms with Crippen molar-refractivity contribution in [3.8, 4) is 11.5 Å². The lowest BCUT2D eigenvalue weighted by atomic mass is 10.1. The zero-order valence-electron chi connectivity index (χ0n) is 10.6. The van der Waals surface area contributed by atoms with Gasteiger partial charge in [0.05, 0.1) is 21.2 Å². The van der Waals surface area contributed by atoms with E-state index in [2.05, 4.69) is 5.43 Å². The van der Waals surface area contributed by atoms with E-state index in [0.29, 0.717) is 11.8 Å². The van der Waals surface area contributed by atoms with Crippen molar-refractivity contribution in [2.45, 2.75) is 11.8 Å². The fraction of sp³-hybridized carbons (Fsp3) is 0.167. The highest BCUT2D eigenvalue weighted by Crippen LogP contribution is 2.40. The second-order valence-electron chi connectivity index (χ2n) is 4.21. The molecule has 0 fully saturated rings. The normalized spacial score (nSPS) is 20.9. The SMILES string of the molecule is N#CSC1=CNN(c2ccc(C(F)(F)F)cc2Cl)C1(N)C#N. The van der Waals surface area contributed by atoms with Crippen LogP contribution in [0.3, 0.4) is 0 Å². The van der Waals surface area contributed by atoms with Crippen LogP contribution in [0.1, 0.15) is 5.56 Å². The minimum atomic E-state index is -4.53. The molecule has 1 aliphatic heterocycles. The van der Waals surface area contributed by atoms with E-state index in [4.69, 9.17) is 22.6 Å². The Balaban J connectivity index is 2.42. The van der Waals surface area contributed by atoms with Gasteiger partial charge in [0, 0.05) is 6.20 Å². The largest absolute Gasteiger partial charge is 0.416 e. The molecule has 3 N–H and O–H groups in total. The molecule has 22 heavy (non-hydrogen) atoms. The molecule has 0 radical (unpaired) electrons. The van der Waals surface area contributed by atoms with Gasteiger partial charge in [0.2, 0.25) is 5.66 Å². The summed E-state index contributed by atoms with van der Waals surface area (Å²) in [7, 11) is 0. The molecule has 2 rings (SSSR count). The molecule has 1 aliphatic rings. The Hall–Kier alpha value is -2.07. The Morgan fingerprint density at radius 2 is 2.05 bits per heavy atom. The number of nitrogens with two attached hydrogens (primary N) is 1. The molecule has 0 bridgehead atoms. The molecule has 1 aromatic rings. The van der Waals surface area contributed by atoms with Crippen LogP contribution >= 0.6 is 23.4 Å². The van der Waals surface area contributed by atoms with Crippen LogP contribution in [0.5, 0.6) is 0 Å². The van der Waals surface area contributed by atoms with E-state index in [9.17, 15) is 18.4 Å². The number of nitrogens with one attached hydrogen (secondary N) is 1. The van der Waals surface area contributed by atoms with Crippen molar-refractivity contribution in [3.05, 3.63) is 39.9 Å². The molecule has 1 atom stereocenters. The maximum absolute atomic E-state index is 12.6.